The van der Waals surface area contributed by atoms with Crippen molar-refractivity contribution in [2.24, 2.45) is 5.92 Å². The van der Waals surface area contributed by atoms with Crippen LogP contribution in [-0.2, 0) is 23.9 Å². The minimum absolute atomic E-state index is 0.110. The summed E-state index contributed by atoms with van der Waals surface area (Å²) in [6.45, 7) is 3.58. The monoisotopic (exact) mass is 384 g/mol. The summed E-state index contributed by atoms with van der Waals surface area (Å²) in [6, 6.07) is 0. The van der Waals surface area contributed by atoms with Crippen molar-refractivity contribution < 1.29 is 29.0 Å². The van der Waals surface area contributed by atoms with Gasteiger partial charge in [0, 0.05) is 5.57 Å². The Morgan fingerprint density at radius 1 is 0.778 bits per heavy atom. The average Bonchev–Trinajstić information content (AvgIpc) is 2.66. The maximum atomic E-state index is 12.1. The lowest BCUT2D eigenvalue weighted by Gasteiger charge is -2.15. The number of unbranched alkanes of at least 4 members (excludes halogenated alkanes) is 9. The number of ether oxygens (including phenoxy) is 2. The topological polar surface area (TPSA) is 89.9 Å². The Morgan fingerprint density at radius 3 is 1.63 bits per heavy atom. The molecule has 0 saturated heterocycles. The van der Waals surface area contributed by atoms with Gasteiger partial charge in [0.25, 0.3) is 0 Å². The largest absolute Gasteiger partial charge is 0.481 e. The molecule has 6 nitrogen and oxygen atoms in total. The molecule has 0 aromatic rings. The lowest BCUT2D eigenvalue weighted by atomic mass is 9.92. The van der Waals surface area contributed by atoms with Gasteiger partial charge in [0.15, 0.2) is 0 Å². The van der Waals surface area contributed by atoms with Gasteiger partial charge >= 0.3 is 17.9 Å². The molecule has 0 aromatic heterocycles. The summed E-state index contributed by atoms with van der Waals surface area (Å²) in [5, 5.41) is 9.25. The molecule has 6 heteroatoms. The number of carboxylic acids is 1. The molecule has 0 saturated carbocycles. The van der Waals surface area contributed by atoms with Crippen LogP contribution in [0.1, 0.15) is 84.5 Å². The molecule has 0 bridgehead atoms. The highest BCUT2D eigenvalue weighted by atomic mass is 16.5. The van der Waals surface area contributed by atoms with Crippen LogP contribution < -0.4 is 0 Å². The van der Waals surface area contributed by atoms with Gasteiger partial charge in [-0.15, -0.1) is 0 Å². The molecule has 0 heterocycles. The Labute approximate surface area is 163 Å². The molecule has 0 fully saturated rings. The quantitative estimate of drug-likeness (QED) is 0.251. The summed E-state index contributed by atoms with van der Waals surface area (Å²) >= 11 is 0. The summed E-state index contributed by atoms with van der Waals surface area (Å²) in [7, 11) is 2.40. The highest BCUT2D eigenvalue weighted by molar-refractivity contribution is 6.03. The fourth-order valence-electron chi connectivity index (χ4n) is 3.05. The van der Waals surface area contributed by atoms with Gasteiger partial charge in [-0.1, -0.05) is 64.7 Å². The van der Waals surface area contributed by atoms with Crippen LogP contribution in [0.2, 0.25) is 0 Å². The number of carboxylic acid groups (broad SMARTS) is 1. The minimum atomic E-state index is -1.18. The summed E-state index contributed by atoms with van der Waals surface area (Å²) in [6.07, 6.45) is 11.8. The van der Waals surface area contributed by atoms with E-state index in [0.29, 0.717) is 12.8 Å². The van der Waals surface area contributed by atoms with Gasteiger partial charge in [0.05, 0.1) is 25.7 Å². The van der Waals surface area contributed by atoms with E-state index in [2.05, 4.69) is 6.92 Å². The maximum absolute atomic E-state index is 12.1. The number of carbonyl (C=O) groups excluding carboxylic acids is 2. The zero-order chi connectivity index (χ0) is 20.7. The van der Waals surface area contributed by atoms with Crippen molar-refractivity contribution in [3.8, 4) is 0 Å². The second kappa shape index (κ2) is 15.2. The van der Waals surface area contributed by atoms with Gasteiger partial charge in [0.1, 0.15) is 0 Å². The first kappa shape index (κ1) is 25.1. The van der Waals surface area contributed by atoms with Crippen molar-refractivity contribution in [1.82, 2.24) is 0 Å². The smallest absolute Gasteiger partial charge is 0.335 e. The van der Waals surface area contributed by atoms with Gasteiger partial charge in [-0.05, 0) is 19.8 Å². The predicted molar refractivity (Wildman–Crippen MR) is 104 cm³/mol. The van der Waals surface area contributed by atoms with Crippen LogP contribution >= 0.6 is 0 Å². The molecule has 1 unspecified atom stereocenters. The Morgan fingerprint density at radius 2 is 1.22 bits per heavy atom. The average molecular weight is 385 g/mol. The molecule has 0 amide bonds. The van der Waals surface area contributed by atoms with Crippen molar-refractivity contribution in [3.05, 3.63) is 11.1 Å². The van der Waals surface area contributed by atoms with Crippen molar-refractivity contribution in [3.63, 3.8) is 0 Å². The van der Waals surface area contributed by atoms with E-state index in [9.17, 15) is 19.5 Å². The minimum Gasteiger partial charge on any atom is -0.481 e. The molecule has 0 aliphatic rings. The molecule has 27 heavy (non-hydrogen) atoms. The number of hydrogen-bond acceptors (Lipinski definition) is 5. The predicted octanol–water partition coefficient (Wildman–Crippen LogP) is 4.66. The van der Waals surface area contributed by atoms with Gasteiger partial charge in [-0.2, -0.15) is 0 Å². The van der Waals surface area contributed by atoms with E-state index in [0.717, 1.165) is 19.3 Å². The van der Waals surface area contributed by atoms with Crippen molar-refractivity contribution >= 4 is 17.9 Å². The van der Waals surface area contributed by atoms with Crippen molar-refractivity contribution in [2.75, 3.05) is 14.2 Å². The molecule has 1 atom stereocenters. The van der Waals surface area contributed by atoms with Crippen LogP contribution in [0.4, 0.5) is 0 Å². The molecule has 0 rings (SSSR count). The molecule has 0 aliphatic heterocycles. The van der Waals surface area contributed by atoms with Gasteiger partial charge < -0.3 is 14.6 Å². The molecule has 0 aromatic carbocycles. The molecular formula is C21H36O6. The summed E-state index contributed by atoms with van der Waals surface area (Å²) < 4.78 is 9.45. The van der Waals surface area contributed by atoms with Gasteiger partial charge in [-0.25, -0.2) is 9.59 Å². The highest BCUT2D eigenvalue weighted by Gasteiger charge is 2.30. The van der Waals surface area contributed by atoms with E-state index in [1.807, 2.05) is 0 Å². The third-order valence-corrected chi connectivity index (χ3v) is 4.75. The lowest BCUT2D eigenvalue weighted by molar-refractivity contribution is -0.145. The highest BCUT2D eigenvalue weighted by Crippen LogP contribution is 2.24. The van der Waals surface area contributed by atoms with Gasteiger partial charge in [-0.3, -0.25) is 4.79 Å². The van der Waals surface area contributed by atoms with Crippen molar-refractivity contribution in [2.45, 2.75) is 84.5 Å². The van der Waals surface area contributed by atoms with E-state index < -0.39 is 23.8 Å². The van der Waals surface area contributed by atoms with Crippen LogP contribution in [0.5, 0.6) is 0 Å². The second-order valence-corrected chi connectivity index (χ2v) is 6.87. The molecule has 1 N–H and O–H groups in total. The Balaban J connectivity index is 4.67. The van der Waals surface area contributed by atoms with Crippen LogP contribution in [0, 0.1) is 5.92 Å². The van der Waals surface area contributed by atoms with Crippen LogP contribution in [0.25, 0.3) is 0 Å². The van der Waals surface area contributed by atoms with Crippen LogP contribution in [0.15, 0.2) is 11.1 Å². The Kier molecular flexibility index (Phi) is 14.2. The number of carbonyl (C=O) groups is 3. The summed E-state index contributed by atoms with van der Waals surface area (Å²) in [4.78, 5) is 35.5. The van der Waals surface area contributed by atoms with Crippen molar-refractivity contribution in [1.29, 1.82) is 0 Å². The van der Waals surface area contributed by atoms with E-state index in [1.165, 1.54) is 59.7 Å². The maximum Gasteiger partial charge on any atom is 0.335 e. The second-order valence-electron chi connectivity index (χ2n) is 6.87. The number of aliphatic carboxylic acids is 1. The molecular weight excluding hydrogens is 348 g/mol. The molecule has 0 spiro atoms. The lowest BCUT2D eigenvalue weighted by Crippen LogP contribution is -2.24. The standard InChI is InChI=1S/C21H36O6/c1-5-6-7-8-9-10-11-12-13-14-15-17(20(24)26-3)18(21(25)27-4)16(2)19(22)23/h16H,5-15H2,1-4H3,(H,22,23). The van der Waals surface area contributed by atoms with Gasteiger partial charge in [0.2, 0.25) is 0 Å². The number of methoxy groups -OCH3 is 2. The van der Waals surface area contributed by atoms with Crippen LogP contribution in [0.3, 0.4) is 0 Å². The van der Waals surface area contributed by atoms with E-state index in [-0.39, 0.29) is 11.1 Å². The Hall–Kier alpha value is -1.85. The molecule has 0 aliphatic carbocycles. The van der Waals surface area contributed by atoms with Crippen LogP contribution in [-0.4, -0.2) is 37.2 Å². The first-order valence-corrected chi connectivity index (χ1v) is 10.0. The summed E-state index contributed by atoms with van der Waals surface area (Å²) in [5.74, 6) is -3.77. The normalized spacial score (nSPS) is 12.9. The van der Waals surface area contributed by atoms with E-state index in [4.69, 9.17) is 9.47 Å². The number of esters is 2. The SMILES string of the molecule is CCCCCCCCCCCCC(C(=O)OC)=C(C(=O)OC)C(C)C(=O)O. The first-order valence-electron chi connectivity index (χ1n) is 10.0. The van der Waals surface area contributed by atoms with E-state index in [1.54, 1.807) is 0 Å². The molecule has 0 radical (unpaired) electrons. The third-order valence-electron chi connectivity index (χ3n) is 4.75. The zero-order valence-corrected chi connectivity index (χ0v) is 17.3. The first-order chi connectivity index (χ1) is 12.9. The zero-order valence-electron chi connectivity index (χ0n) is 17.3. The number of rotatable bonds is 15. The Bertz CT molecular complexity index is 495. The summed E-state index contributed by atoms with van der Waals surface area (Å²) in [5.41, 5.74) is -0.00779. The fraction of sp³-hybridized carbons (Fsp3) is 0.762. The molecule has 156 valence electrons. The fourth-order valence-corrected chi connectivity index (χ4v) is 3.05. The number of hydrogen-bond donors (Lipinski definition) is 1. The third kappa shape index (κ3) is 10.2. The van der Waals surface area contributed by atoms with E-state index >= 15 is 0 Å².